The zero-order chi connectivity index (χ0) is 12.4. The molecule has 86 valence electrons. The summed E-state index contributed by atoms with van der Waals surface area (Å²) in [5.41, 5.74) is 1.76. The van der Waals surface area contributed by atoms with Crippen LogP contribution in [0.25, 0.3) is 10.9 Å². The lowest BCUT2D eigenvalue weighted by Gasteiger charge is -2.11. The maximum absolute atomic E-state index is 9.02. The van der Waals surface area contributed by atoms with Gasteiger partial charge in [0.2, 0.25) is 0 Å². The molecule has 0 spiro atoms. The maximum Gasteiger partial charge on any atom is 0.145 e. The van der Waals surface area contributed by atoms with E-state index < -0.39 is 0 Å². The second-order valence-corrected chi connectivity index (χ2v) is 3.79. The summed E-state index contributed by atoms with van der Waals surface area (Å²) in [6, 6.07) is 5.56. The molecule has 1 aromatic carbocycles. The van der Waals surface area contributed by atoms with Crippen molar-refractivity contribution in [3.05, 3.63) is 28.9 Å². The lowest BCUT2D eigenvalue weighted by Crippen LogP contribution is -1.97. The molecule has 0 amide bonds. The Bertz CT molecular complexity index is 619. The number of aromatic nitrogens is 1. The predicted octanol–water partition coefficient (Wildman–Crippen LogP) is 2.81. The Kier molecular flexibility index (Phi) is 3.03. The number of halogens is 1. The molecule has 0 radical (unpaired) electrons. The van der Waals surface area contributed by atoms with Crippen molar-refractivity contribution < 1.29 is 4.74 Å². The minimum Gasteiger partial charge on any atom is -0.494 e. The molecule has 0 bridgehead atoms. The van der Waals surface area contributed by atoms with Crippen molar-refractivity contribution in [2.45, 2.75) is 0 Å². The van der Waals surface area contributed by atoms with E-state index in [0.717, 1.165) is 0 Å². The smallest absolute Gasteiger partial charge is 0.145 e. The van der Waals surface area contributed by atoms with E-state index in [4.69, 9.17) is 21.6 Å². The predicted molar refractivity (Wildman–Crippen MR) is 67.6 cm³/mol. The molecule has 17 heavy (non-hydrogen) atoms. The van der Waals surface area contributed by atoms with Crippen molar-refractivity contribution >= 4 is 28.2 Å². The van der Waals surface area contributed by atoms with Gasteiger partial charge >= 0.3 is 0 Å². The van der Waals surface area contributed by atoms with Crippen LogP contribution in [0.4, 0.5) is 5.69 Å². The van der Waals surface area contributed by atoms with Crippen molar-refractivity contribution in [2.75, 3.05) is 19.5 Å². The molecule has 0 aliphatic heterocycles. The quantitative estimate of drug-likeness (QED) is 0.887. The summed E-state index contributed by atoms with van der Waals surface area (Å²) in [6.07, 6.45) is 1.51. The molecule has 5 heteroatoms. The number of hydrogen-bond donors (Lipinski definition) is 1. The van der Waals surface area contributed by atoms with Crippen molar-refractivity contribution in [1.82, 2.24) is 4.98 Å². The molecule has 0 fully saturated rings. The summed E-state index contributed by atoms with van der Waals surface area (Å²) < 4.78 is 5.22. The molecule has 2 aromatic rings. The normalized spacial score (nSPS) is 10.0. The summed E-state index contributed by atoms with van der Waals surface area (Å²) in [7, 11) is 3.31. The second-order valence-electron chi connectivity index (χ2n) is 3.38. The van der Waals surface area contributed by atoms with Crippen LogP contribution in [-0.4, -0.2) is 19.1 Å². The summed E-state index contributed by atoms with van der Waals surface area (Å²) in [6.45, 7) is 0. The van der Waals surface area contributed by atoms with Crippen molar-refractivity contribution in [3.63, 3.8) is 0 Å². The Labute approximate surface area is 104 Å². The van der Waals surface area contributed by atoms with Crippen LogP contribution in [-0.2, 0) is 0 Å². The number of hydrogen-bond acceptors (Lipinski definition) is 4. The third-order valence-electron chi connectivity index (χ3n) is 2.52. The third kappa shape index (κ3) is 1.75. The first-order valence-corrected chi connectivity index (χ1v) is 5.33. The fraction of sp³-hybridized carbons (Fsp3) is 0.167. The minimum atomic E-state index is 0.454. The van der Waals surface area contributed by atoms with Crippen molar-refractivity contribution in [3.8, 4) is 11.8 Å². The van der Waals surface area contributed by atoms with Gasteiger partial charge in [-0.15, -0.1) is 0 Å². The van der Waals surface area contributed by atoms with E-state index in [0.29, 0.717) is 32.9 Å². The van der Waals surface area contributed by atoms with Gasteiger partial charge in [0.1, 0.15) is 17.3 Å². The fourth-order valence-electron chi connectivity index (χ4n) is 1.75. The molecule has 2 rings (SSSR count). The molecule has 4 nitrogen and oxygen atoms in total. The number of nitrogens with one attached hydrogen (secondary N) is 1. The molecule has 0 saturated carbocycles. The summed E-state index contributed by atoms with van der Waals surface area (Å²) >= 11 is 6.15. The third-order valence-corrected chi connectivity index (χ3v) is 2.84. The lowest BCUT2D eigenvalue weighted by molar-refractivity contribution is 0.419. The topological polar surface area (TPSA) is 57.9 Å². The molecule has 1 heterocycles. The highest BCUT2D eigenvalue weighted by molar-refractivity contribution is 6.36. The van der Waals surface area contributed by atoms with E-state index in [-0.39, 0.29) is 0 Å². The first kappa shape index (κ1) is 11.5. The highest BCUT2D eigenvalue weighted by atomic mass is 35.5. The molecule has 0 unspecified atom stereocenters. The summed E-state index contributed by atoms with van der Waals surface area (Å²) in [4.78, 5) is 4.22. The zero-order valence-electron chi connectivity index (χ0n) is 9.41. The number of fused-ring (bicyclic) bond motifs is 1. The number of pyridine rings is 1. The molecule has 0 aliphatic rings. The molecule has 0 aliphatic carbocycles. The Balaban J connectivity index is 2.94. The Morgan fingerprint density at radius 1 is 1.47 bits per heavy atom. The van der Waals surface area contributed by atoms with Gasteiger partial charge in [-0.2, -0.15) is 5.26 Å². The van der Waals surface area contributed by atoms with Crippen LogP contribution < -0.4 is 10.1 Å². The van der Waals surface area contributed by atoms with Crippen LogP contribution in [0.3, 0.4) is 0 Å². The average molecular weight is 248 g/mol. The standard InChI is InChI=1S/C12H10ClN3O/c1-15-11-7(5-14)6-16-12-9(17-2)4-3-8(13)10(11)12/h3-4,6H,1-2H3,(H,15,16). The number of nitriles is 1. The van der Waals surface area contributed by atoms with Crippen LogP contribution in [0, 0.1) is 11.3 Å². The van der Waals surface area contributed by atoms with Crippen LogP contribution in [0.15, 0.2) is 18.3 Å². The Morgan fingerprint density at radius 2 is 2.24 bits per heavy atom. The minimum absolute atomic E-state index is 0.454. The van der Waals surface area contributed by atoms with Crippen LogP contribution >= 0.6 is 11.6 Å². The summed E-state index contributed by atoms with van der Waals surface area (Å²) in [5.74, 6) is 0.630. The van der Waals surface area contributed by atoms with Gasteiger partial charge in [-0.25, -0.2) is 0 Å². The van der Waals surface area contributed by atoms with Crippen LogP contribution in [0.5, 0.6) is 5.75 Å². The number of methoxy groups -OCH3 is 1. The van der Waals surface area contributed by atoms with Crippen molar-refractivity contribution in [1.29, 1.82) is 5.26 Å². The van der Waals surface area contributed by atoms with E-state index in [1.165, 1.54) is 6.20 Å². The number of rotatable bonds is 2. The number of benzene rings is 1. The monoisotopic (exact) mass is 247 g/mol. The van der Waals surface area contributed by atoms with Gasteiger partial charge < -0.3 is 10.1 Å². The molecular weight excluding hydrogens is 238 g/mol. The van der Waals surface area contributed by atoms with Crippen LogP contribution in [0.1, 0.15) is 5.56 Å². The number of anilines is 1. The van der Waals surface area contributed by atoms with E-state index in [2.05, 4.69) is 16.4 Å². The van der Waals surface area contributed by atoms with Gasteiger partial charge in [-0.3, -0.25) is 4.98 Å². The number of ether oxygens (including phenoxy) is 1. The molecule has 0 atom stereocenters. The van der Waals surface area contributed by atoms with Gasteiger partial charge in [-0.05, 0) is 12.1 Å². The summed E-state index contributed by atoms with van der Waals surface area (Å²) in [5, 5.41) is 13.2. The molecule has 1 N–H and O–H groups in total. The highest BCUT2D eigenvalue weighted by Gasteiger charge is 2.13. The van der Waals surface area contributed by atoms with E-state index in [1.807, 2.05) is 0 Å². The van der Waals surface area contributed by atoms with Gasteiger partial charge in [0.15, 0.2) is 0 Å². The number of nitrogens with zero attached hydrogens (tertiary/aromatic N) is 2. The van der Waals surface area contributed by atoms with Gasteiger partial charge in [0.05, 0.1) is 23.4 Å². The average Bonchev–Trinajstić information content (AvgIpc) is 2.37. The molecule has 0 saturated heterocycles. The first-order valence-electron chi connectivity index (χ1n) is 4.96. The SMILES string of the molecule is CNc1c(C#N)cnc2c(OC)ccc(Cl)c12. The Morgan fingerprint density at radius 3 is 2.82 bits per heavy atom. The van der Waals surface area contributed by atoms with Gasteiger partial charge in [0.25, 0.3) is 0 Å². The fourth-order valence-corrected chi connectivity index (χ4v) is 2.00. The van der Waals surface area contributed by atoms with Gasteiger partial charge in [0, 0.05) is 18.6 Å². The second kappa shape index (κ2) is 4.48. The lowest BCUT2D eigenvalue weighted by atomic mass is 10.1. The van der Waals surface area contributed by atoms with Gasteiger partial charge in [-0.1, -0.05) is 11.6 Å². The van der Waals surface area contributed by atoms with E-state index in [9.17, 15) is 0 Å². The zero-order valence-corrected chi connectivity index (χ0v) is 10.2. The van der Waals surface area contributed by atoms with E-state index in [1.54, 1.807) is 26.3 Å². The largest absolute Gasteiger partial charge is 0.494 e. The molecular formula is C12H10ClN3O. The van der Waals surface area contributed by atoms with Crippen molar-refractivity contribution in [2.24, 2.45) is 0 Å². The first-order chi connectivity index (χ1) is 8.22. The highest BCUT2D eigenvalue weighted by Crippen LogP contribution is 2.36. The maximum atomic E-state index is 9.02. The van der Waals surface area contributed by atoms with E-state index >= 15 is 0 Å². The Hall–Kier alpha value is -1.99. The molecule has 1 aromatic heterocycles. The van der Waals surface area contributed by atoms with Crippen LogP contribution in [0.2, 0.25) is 5.02 Å².